The van der Waals surface area contributed by atoms with Crippen molar-refractivity contribution in [3.05, 3.63) is 23.8 Å². The summed E-state index contributed by atoms with van der Waals surface area (Å²) < 4.78 is 4.91. The van der Waals surface area contributed by atoms with Crippen LogP contribution in [0.4, 0.5) is 0 Å². The number of amides is 1. The fourth-order valence-electron chi connectivity index (χ4n) is 1.68. The molecule has 19 heavy (non-hydrogen) atoms. The molecule has 0 aliphatic heterocycles. The summed E-state index contributed by atoms with van der Waals surface area (Å²) in [6, 6.07) is 4.53. The van der Waals surface area contributed by atoms with Crippen molar-refractivity contribution in [3.63, 3.8) is 0 Å². The fraction of sp³-hybridized carbons (Fsp3) is 0.500. The van der Waals surface area contributed by atoms with Crippen molar-refractivity contribution >= 4 is 5.91 Å². The Morgan fingerprint density at radius 3 is 2.79 bits per heavy atom. The van der Waals surface area contributed by atoms with E-state index in [9.17, 15) is 9.90 Å². The molecule has 0 aliphatic rings. The van der Waals surface area contributed by atoms with E-state index in [0.29, 0.717) is 17.9 Å². The molecule has 5 nitrogen and oxygen atoms in total. The maximum absolute atomic E-state index is 11.8. The van der Waals surface area contributed by atoms with E-state index in [2.05, 4.69) is 5.32 Å². The molecule has 1 atom stereocenters. The lowest BCUT2D eigenvalue weighted by Gasteiger charge is -2.09. The third kappa shape index (κ3) is 4.79. The van der Waals surface area contributed by atoms with E-state index in [1.807, 2.05) is 6.92 Å². The molecule has 1 unspecified atom stereocenters. The summed E-state index contributed by atoms with van der Waals surface area (Å²) in [6.45, 7) is 2.68. The minimum atomic E-state index is -0.227. The molecule has 1 aromatic carbocycles. The van der Waals surface area contributed by atoms with Crippen molar-refractivity contribution in [2.45, 2.75) is 19.8 Å². The molecule has 0 radical (unpaired) electrons. The third-order valence-electron chi connectivity index (χ3n) is 2.91. The monoisotopic (exact) mass is 267 g/mol. The number of phenols is 1. The lowest BCUT2D eigenvalue weighted by atomic mass is 10.1. The van der Waals surface area contributed by atoms with E-state index in [-0.39, 0.29) is 24.2 Å². The molecule has 0 aromatic heterocycles. The summed E-state index contributed by atoms with van der Waals surface area (Å²) >= 11 is 0. The largest absolute Gasteiger partial charge is 0.504 e. The van der Waals surface area contributed by atoms with E-state index in [1.165, 1.54) is 13.2 Å². The topological polar surface area (TPSA) is 78.8 Å². The van der Waals surface area contributed by atoms with Crippen molar-refractivity contribution in [1.29, 1.82) is 0 Å². The first-order chi connectivity index (χ1) is 9.08. The van der Waals surface area contributed by atoms with Crippen LogP contribution in [0, 0.1) is 5.92 Å². The second-order valence-electron chi connectivity index (χ2n) is 4.57. The summed E-state index contributed by atoms with van der Waals surface area (Å²) in [6.07, 6.45) is 1.68. The molecule has 0 saturated carbocycles. The normalized spacial score (nSPS) is 11.9. The van der Waals surface area contributed by atoms with Gasteiger partial charge in [-0.05, 0) is 37.0 Å². The van der Waals surface area contributed by atoms with Crippen LogP contribution in [-0.4, -0.2) is 36.4 Å². The number of aliphatic hydroxyl groups is 1. The number of carbonyl (C=O) groups excluding carboxylic acids is 1. The molecule has 3 N–H and O–H groups in total. The number of ether oxygens (including phenoxy) is 1. The Balaban J connectivity index is 2.43. The Morgan fingerprint density at radius 2 is 2.21 bits per heavy atom. The minimum Gasteiger partial charge on any atom is -0.504 e. The number of rotatable bonds is 7. The zero-order valence-corrected chi connectivity index (χ0v) is 11.3. The van der Waals surface area contributed by atoms with Gasteiger partial charge in [0.15, 0.2) is 11.5 Å². The molecule has 0 saturated heterocycles. The number of aromatic hydroxyl groups is 1. The standard InChI is InChI=1S/C14H21NO4/c1-10(9-16)4-3-7-15-14(18)11-5-6-13(19-2)12(17)8-11/h5-6,8,10,16-17H,3-4,7,9H2,1-2H3,(H,15,18). The van der Waals surface area contributed by atoms with Crippen molar-refractivity contribution in [3.8, 4) is 11.5 Å². The number of methoxy groups -OCH3 is 1. The maximum Gasteiger partial charge on any atom is 0.251 e. The van der Waals surface area contributed by atoms with Crippen LogP contribution in [0.5, 0.6) is 11.5 Å². The van der Waals surface area contributed by atoms with Gasteiger partial charge in [0, 0.05) is 18.7 Å². The van der Waals surface area contributed by atoms with Gasteiger partial charge in [-0.15, -0.1) is 0 Å². The number of aliphatic hydroxyl groups excluding tert-OH is 1. The number of hydrogen-bond donors (Lipinski definition) is 3. The first-order valence-electron chi connectivity index (χ1n) is 6.34. The van der Waals surface area contributed by atoms with Crippen molar-refractivity contribution < 1.29 is 19.7 Å². The summed E-state index contributed by atoms with van der Waals surface area (Å²) in [5.74, 6) is 0.314. The lowest BCUT2D eigenvalue weighted by molar-refractivity contribution is 0.0951. The first kappa shape index (κ1) is 15.3. The van der Waals surface area contributed by atoms with Crippen LogP contribution in [0.3, 0.4) is 0 Å². The van der Waals surface area contributed by atoms with Crippen LogP contribution in [0.25, 0.3) is 0 Å². The van der Waals surface area contributed by atoms with Gasteiger partial charge in [-0.3, -0.25) is 4.79 Å². The summed E-state index contributed by atoms with van der Waals surface area (Å²) in [5.41, 5.74) is 0.397. The van der Waals surface area contributed by atoms with Gasteiger partial charge in [0.05, 0.1) is 7.11 Å². The molecule has 1 amide bonds. The van der Waals surface area contributed by atoms with Crippen LogP contribution >= 0.6 is 0 Å². The number of phenolic OH excluding ortho intramolecular Hbond substituents is 1. The molecular weight excluding hydrogens is 246 g/mol. The summed E-state index contributed by atoms with van der Waals surface area (Å²) in [4.78, 5) is 11.8. The van der Waals surface area contributed by atoms with Gasteiger partial charge >= 0.3 is 0 Å². The molecule has 1 rings (SSSR count). The Hall–Kier alpha value is -1.75. The molecule has 0 aliphatic carbocycles. The first-order valence-corrected chi connectivity index (χ1v) is 6.34. The van der Waals surface area contributed by atoms with Crippen LogP contribution in [0.1, 0.15) is 30.1 Å². The van der Waals surface area contributed by atoms with Crippen LogP contribution < -0.4 is 10.1 Å². The summed E-state index contributed by atoms with van der Waals surface area (Å²) in [5, 5.41) is 21.2. The number of carbonyl (C=O) groups is 1. The zero-order valence-electron chi connectivity index (χ0n) is 11.3. The number of nitrogens with one attached hydrogen (secondary N) is 1. The molecule has 106 valence electrons. The molecule has 0 heterocycles. The van der Waals surface area contributed by atoms with E-state index in [0.717, 1.165) is 12.8 Å². The zero-order chi connectivity index (χ0) is 14.3. The lowest BCUT2D eigenvalue weighted by Crippen LogP contribution is -2.24. The predicted molar refractivity (Wildman–Crippen MR) is 72.5 cm³/mol. The SMILES string of the molecule is COc1ccc(C(=O)NCCCC(C)CO)cc1O. The smallest absolute Gasteiger partial charge is 0.251 e. The van der Waals surface area contributed by atoms with Crippen molar-refractivity contribution in [1.82, 2.24) is 5.32 Å². The quantitative estimate of drug-likeness (QED) is 0.655. The van der Waals surface area contributed by atoms with E-state index in [4.69, 9.17) is 9.84 Å². The van der Waals surface area contributed by atoms with Crippen LogP contribution in [0.2, 0.25) is 0 Å². The van der Waals surface area contributed by atoms with Gasteiger partial charge < -0.3 is 20.3 Å². The average molecular weight is 267 g/mol. The molecule has 0 fully saturated rings. The summed E-state index contributed by atoms with van der Waals surface area (Å²) in [7, 11) is 1.46. The van der Waals surface area contributed by atoms with Crippen LogP contribution in [0.15, 0.2) is 18.2 Å². The molecule has 5 heteroatoms. The Morgan fingerprint density at radius 1 is 1.47 bits per heavy atom. The second-order valence-corrected chi connectivity index (χ2v) is 4.57. The van der Waals surface area contributed by atoms with Crippen molar-refractivity contribution in [2.24, 2.45) is 5.92 Å². The van der Waals surface area contributed by atoms with E-state index in [1.54, 1.807) is 12.1 Å². The Bertz CT molecular complexity index is 420. The highest BCUT2D eigenvalue weighted by atomic mass is 16.5. The van der Waals surface area contributed by atoms with Gasteiger partial charge in [0.2, 0.25) is 0 Å². The highest BCUT2D eigenvalue weighted by Gasteiger charge is 2.09. The Labute approximate surface area is 113 Å². The average Bonchev–Trinajstić information content (AvgIpc) is 2.42. The van der Waals surface area contributed by atoms with E-state index >= 15 is 0 Å². The molecule has 1 aromatic rings. The minimum absolute atomic E-state index is 0.0518. The highest BCUT2D eigenvalue weighted by molar-refractivity contribution is 5.94. The van der Waals surface area contributed by atoms with Crippen molar-refractivity contribution in [2.75, 3.05) is 20.3 Å². The molecular formula is C14H21NO4. The number of hydrogen-bond acceptors (Lipinski definition) is 4. The van der Waals surface area contributed by atoms with Gasteiger partial charge in [-0.2, -0.15) is 0 Å². The fourth-order valence-corrected chi connectivity index (χ4v) is 1.68. The molecule has 0 spiro atoms. The second kappa shape index (κ2) is 7.63. The molecule has 0 bridgehead atoms. The third-order valence-corrected chi connectivity index (χ3v) is 2.91. The predicted octanol–water partition coefficient (Wildman–Crippen LogP) is 1.54. The Kier molecular flexibility index (Phi) is 6.15. The highest BCUT2D eigenvalue weighted by Crippen LogP contribution is 2.26. The maximum atomic E-state index is 11.8. The van der Waals surface area contributed by atoms with Gasteiger partial charge in [-0.25, -0.2) is 0 Å². The van der Waals surface area contributed by atoms with Gasteiger partial charge in [0.1, 0.15) is 0 Å². The van der Waals surface area contributed by atoms with E-state index < -0.39 is 0 Å². The number of benzene rings is 1. The van der Waals surface area contributed by atoms with Crippen LogP contribution in [-0.2, 0) is 0 Å². The van der Waals surface area contributed by atoms with Gasteiger partial charge in [0.25, 0.3) is 5.91 Å². The van der Waals surface area contributed by atoms with Gasteiger partial charge in [-0.1, -0.05) is 6.92 Å².